The third kappa shape index (κ3) is 4.49. The summed E-state index contributed by atoms with van der Waals surface area (Å²) in [4.78, 5) is 18.4. The van der Waals surface area contributed by atoms with Crippen LogP contribution in [-0.4, -0.2) is 27.5 Å². The van der Waals surface area contributed by atoms with Crippen LogP contribution in [0.25, 0.3) is 16.7 Å². The number of para-hydroxylation sites is 2. The number of hydrogen-bond acceptors (Lipinski definition) is 4. The molecule has 4 rings (SSSR count). The van der Waals surface area contributed by atoms with Crippen LogP contribution in [0.4, 0.5) is 5.69 Å². The third-order valence-corrected chi connectivity index (χ3v) is 6.17. The van der Waals surface area contributed by atoms with Crippen LogP contribution < -0.4 is 5.32 Å². The molecule has 1 N–H and O–H groups in total. The molecule has 146 valence electrons. The Kier molecular flexibility index (Phi) is 5.92. The van der Waals surface area contributed by atoms with Crippen molar-refractivity contribution >= 4 is 46.2 Å². The van der Waals surface area contributed by atoms with Crippen LogP contribution in [0.5, 0.6) is 0 Å². The molecule has 0 saturated carbocycles. The molecule has 29 heavy (non-hydrogen) atoms. The van der Waals surface area contributed by atoms with Crippen LogP contribution in [0.2, 0.25) is 0 Å². The van der Waals surface area contributed by atoms with Gasteiger partial charge < -0.3 is 5.32 Å². The first-order valence-corrected chi connectivity index (χ1v) is 11.5. The maximum Gasteiger partial charge on any atom is 0.234 e. The zero-order valence-corrected chi connectivity index (χ0v) is 17.9. The van der Waals surface area contributed by atoms with Gasteiger partial charge in [0.1, 0.15) is 0 Å². The van der Waals surface area contributed by atoms with Crippen LogP contribution in [0, 0.1) is 6.92 Å². The first-order chi connectivity index (χ1) is 14.1. The highest BCUT2D eigenvalue weighted by Gasteiger charge is 2.14. The van der Waals surface area contributed by atoms with E-state index >= 15 is 0 Å². The Hall–Kier alpha value is -2.70. The van der Waals surface area contributed by atoms with Gasteiger partial charge in [0.25, 0.3) is 0 Å². The molecule has 3 aromatic carbocycles. The van der Waals surface area contributed by atoms with Gasteiger partial charge in [0.2, 0.25) is 5.91 Å². The summed E-state index contributed by atoms with van der Waals surface area (Å²) in [5.74, 6) is 0.245. The molecule has 0 aliphatic carbocycles. The van der Waals surface area contributed by atoms with E-state index < -0.39 is 0 Å². The molecule has 6 heteroatoms. The van der Waals surface area contributed by atoms with Crippen molar-refractivity contribution in [3.63, 3.8) is 0 Å². The Morgan fingerprint density at radius 3 is 2.62 bits per heavy atom. The van der Waals surface area contributed by atoms with Crippen molar-refractivity contribution in [1.82, 2.24) is 9.55 Å². The number of carbonyl (C=O) groups is 1. The molecule has 0 radical (unpaired) electrons. The lowest BCUT2D eigenvalue weighted by Gasteiger charge is -2.10. The van der Waals surface area contributed by atoms with Crippen molar-refractivity contribution in [3.05, 3.63) is 78.4 Å². The summed E-state index contributed by atoms with van der Waals surface area (Å²) in [6.45, 7) is 2.07. The second-order valence-electron chi connectivity index (χ2n) is 6.62. The number of carbonyl (C=O) groups excluding carboxylic acids is 1. The van der Waals surface area contributed by atoms with Crippen LogP contribution in [-0.2, 0) is 4.79 Å². The van der Waals surface area contributed by atoms with Gasteiger partial charge in [-0.2, -0.15) is 0 Å². The van der Waals surface area contributed by atoms with Gasteiger partial charge in [-0.15, -0.1) is 11.8 Å². The number of hydrogen-bond donors (Lipinski definition) is 1. The first kappa shape index (κ1) is 19.6. The molecular weight excluding hydrogens is 398 g/mol. The molecule has 0 fully saturated rings. The lowest BCUT2D eigenvalue weighted by Crippen LogP contribution is -2.14. The van der Waals surface area contributed by atoms with Gasteiger partial charge in [0, 0.05) is 16.3 Å². The number of benzene rings is 3. The Labute approximate surface area is 178 Å². The summed E-state index contributed by atoms with van der Waals surface area (Å²) in [6.07, 6.45) is 2.02. The van der Waals surface area contributed by atoms with Gasteiger partial charge in [-0.25, -0.2) is 4.98 Å². The Bertz CT molecular complexity index is 1150. The average Bonchev–Trinajstić information content (AvgIpc) is 3.11. The maximum absolute atomic E-state index is 12.5. The van der Waals surface area contributed by atoms with Crippen molar-refractivity contribution < 1.29 is 4.79 Å². The van der Waals surface area contributed by atoms with Gasteiger partial charge in [-0.3, -0.25) is 9.36 Å². The van der Waals surface area contributed by atoms with Gasteiger partial charge in [0.05, 0.1) is 16.8 Å². The second-order valence-corrected chi connectivity index (χ2v) is 8.45. The SMILES string of the molecule is CSc1cccc(NC(=O)CSc2nc3ccccc3n2-c2ccc(C)cc2)c1. The fraction of sp³-hybridized carbons (Fsp3) is 0.130. The molecule has 1 heterocycles. The Morgan fingerprint density at radius 2 is 1.83 bits per heavy atom. The van der Waals surface area contributed by atoms with Crippen molar-refractivity contribution in [2.24, 2.45) is 0 Å². The summed E-state index contributed by atoms with van der Waals surface area (Å²) in [7, 11) is 0. The predicted octanol–water partition coefficient (Wildman–Crippen LogP) is 5.79. The van der Waals surface area contributed by atoms with E-state index in [1.165, 1.54) is 17.3 Å². The third-order valence-electron chi connectivity index (χ3n) is 4.51. The van der Waals surface area contributed by atoms with Crippen LogP contribution in [0.15, 0.2) is 82.8 Å². The van der Waals surface area contributed by atoms with Crippen molar-refractivity contribution in [3.8, 4) is 5.69 Å². The van der Waals surface area contributed by atoms with Gasteiger partial charge in [-0.05, 0) is 55.6 Å². The minimum Gasteiger partial charge on any atom is -0.325 e. The van der Waals surface area contributed by atoms with E-state index in [1.807, 2.05) is 48.7 Å². The highest BCUT2D eigenvalue weighted by molar-refractivity contribution is 7.99. The molecule has 0 atom stereocenters. The molecule has 0 unspecified atom stereocenters. The predicted molar refractivity (Wildman–Crippen MR) is 123 cm³/mol. The van der Waals surface area contributed by atoms with Gasteiger partial charge >= 0.3 is 0 Å². The average molecular weight is 420 g/mol. The highest BCUT2D eigenvalue weighted by atomic mass is 32.2. The van der Waals surface area contributed by atoms with E-state index in [1.54, 1.807) is 11.8 Å². The molecule has 0 spiro atoms. The quantitative estimate of drug-likeness (QED) is 0.402. The number of nitrogens with zero attached hydrogens (tertiary/aromatic N) is 2. The van der Waals surface area contributed by atoms with Crippen LogP contribution in [0.1, 0.15) is 5.56 Å². The number of thioether (sulfide) groups is 2. The number of anilines is 1. The fourth-order valence-corrected chi connectivity index (χ4v) is 4.36. The number of amides is 1. The summed E-state index contributed by atoms with van der Waals surface area (Å²) < 4.78 is 2.11. The molecule has 1 aromatic heterocycles. The lowest BCUT2D eigenvalue weighted by atomic mass is 10.2. The Morgan fingerprint density at radius 1 is 1.03 bits per heavy atom. The smallest absolute Gasteiger partial charge is 0.234 e. The molecule has 4 nitrogen and oxygen atoms in total. The first-order valence-electron chi connectivity index (χ1n) is 9.25. The standard InChI is InChI=1S/C23H21N3OS2/c1-16-10-12-18(13-11-16)26-21-9-4-3-8-20(21)25-23(26)29-15-22(27)24-17-6-5-7-19(14-17)28-2/h3-14H,15H2,1-2H3,(H,24,27). The number of aromatic nitrogens is 2. The minimum absolute atomic E-state index is 0.0456. The molecular formula is C23H21N3OS2. The Balaban J connectivity index is 1.56. The van der Waals surface area contributed by atoms with E-state index in [0.29, 0.717) is 5.75 Å². The van der Waals surface area contributed by atoms with E-state index in [0.717, 1.165) is 32.5 Å². The summed E-state index contributed by atoms with van der Waals surface area (Å²) in [6, 6.07) is 24.3. The zero-order valence-electron chi connectivity index (χ0n) is 16.3. The largest absolute Gasteiger partial charge is 0.325 e. The lowest BCUT2D eigenvalue weighted by molar-refractivity contribution is -0.113. The monoisotopic (exact) mass is 419 g/mol. The van der Waals surface area contributed by atoms with Crippen LogP contribution >= 0.6 is 23.5 Å². The van der Waals surface area contributed by atoms with E-state index in [4.69, 9.17) is 4.98 Å². The molecule has 0 bridgehead atoms. The normalized spacial score (nSPS) is 11.0. The number of aryl methyl sites for hydroxylation is 1. The highest BCUT2D eigenvalue weighted by Crippen LogP contribution is 2.28. The summed E-state index contributed by atoms with van der Waals surface area (Å²) in [5, 5.41) is 3.79. The van der Waals surface area contributed by atoms with E-state index in [-0.39, 0.29) is 5.91 Å². The summed E-state index contributed by atoms with van der Waals surface area (Å²) >= 11 is 3.10. The van der Waals surface area contributed by atoms with Gasteiger partial charge in [-0.1, -0.05) is 47.7 Å². The minimum atomic E-state index is -0.0456. The molecule has 4 aromatic rings. The van der Waals surface area contributed by atoms with Crippen molar-refractivity contribution in [1.29, 1.82) is 0 Å². The number of fused-ring (bicyclic) bond motifs is 1. The van der Waals surface area contributed by atoms with Crippen molar-refractivity contribution in [2.45, 2.75) is 17.0 Å². The number of nitrogens with one attached hydrogen (secondary N) is 1. The molecule has 0 aliphatic rings. The molecule has 0 saturated heterocycles. The van der Waals surface area contributed by atoms with Crippen molar-refractivity contribution in [2.75, 3.05) is 17.3 Å². The molecule has 0 aliphatic heterocycles. The van der Waals surface area contributed by atoms with Crippen LogP contribution in [0.3, 0.4) is 0 Å². The number of rotatable bonds is 6. The number of imidazole rings is 1. The van der Waals surface area contributed by atoms with Gasteiger partial charge in [0.15, 0.2) is 5.16 Å². The maximum atomic E-state index is 12.5. The topological polar surface area (TPSA) is 46.9 Å². The fourth-order valence-electron chi connectivity index (χ4n) is 3.07. The van der Waals surface area contributed by atoms with E-state index in [2.05, 4.69) is 47.1 Å². The molecule has 1 amide bonds. The second kappa shape index (κ2) is 8.76. The zero-order chi connectivity index (χ0) is 20.2. The van der Waals surface area contributed by atoms with E-state index in [9.17, 15) is 4.79 Å². The summed E-state index contributed by atoms with van der Waals surface area (Å²) in [5.41, 5.74) is 5.02.